The first kappa shape index (κ1) is 11.1. The van der Waals surface area contributed by atoms with Crippen molar-refractivity contribution in [2.75, 3.05) is 6.61 Å². The molecule has 16 heavy (non-hydrogen) atoms. The van der Waals surface area contributed by atoms with Gasteiger partial charge >= 0.3 is 0 Å². The lowest BCUT2D eigenvalue weighted by molar-refractivity contribution is 0.0987. The Labute approximate surface area is 94.4 Å². The molecule has 1 aliphatic carbocycles. The Morgan fingerprint density at radius 1 is 1.50 bits per heavy atom. The monoisotopic (exact) mass is 222 g/mol. The van der Waals surface area contributed by atoms with Gasteiger partial charge in [-0.1, -0.05) is 6.92 Å². The second kappa shape index (κ2) is 4.64. The fraction of sp³-hybridized carbons (Fsp3) is 0.462. The van der Waals surface area contributed by atoms with Gasteiger partial charge in [0, 0.05) is 12.0 Å². The number of carbonyl (C=O) groups is 1. The van der Waals surface area contributed by atoms with Crippen LogP contribution in [0.15, 0.2) is 18.2 Å². The van der Waals surface area contributed by atoms with Gasteiger partial charge in [0.15, 0.2) is 17.3 Å². The van der Waals surface area contributed by atoms with Crippen molar-refractivity contribution < 1.29 is 13.9 Å². The topological polar surface area (TPSA) is 26.3 Å². The minimum absolute atomic E-state index is 0.0104. The van der Waals surface area contributed by atoms with Crippen LogP contribution < -0.4 is 4.74 Å². The second-order valence-electron chi connectivity index (χ2n) is 4.18. The lowest BCUT2D eigenvalue weighted by Crippen LogP contribution is -2.03. The van der Waals surface area contributed by atoms with Gasteiger partial charge in [-0.05, 0) is 37.0 Å². The van der Waals surface area contributed by atoms with Crippen molar-refractivity contribution in [3.8, 4) is 5.75 Å². The van der Waals surface area contributed by atoms with E-state index in [0.29, 0.717) is 24.5 Å². The molecular weight excluding hydrogens is 207 g/mol. The summed E-state index contributed by atoms with van der Waals surface area (Å²) in [6.45, 7) is 2.34. The van der Waals surface area contributed by atoms with Gasteiger partial charge < -0.3 is 4.74 Å². The predicted octanol–water partition coefficient (Wildman–Crippen LogP) is 3.21. The summed E-state index contributed by atoms with van der Waals surface area (Å²) in [5, 5.41) is 0. The summed E-state index contributed by atoms with van der Waals surface area (Å²) in [6.07, 6.45) is 2.75. The number of carbonyl (C=O) groups excluding carboxylic acids is 1. The molecule has 0 spiro atoms. The van der Waals surface area contributed by atoms with Crippen LogP contribution in [0.3, 0.4) is 0 Å². The first-order chi connectivity index (χ1) is 7.70. The van der Waals surface area contributed by atoms with Gasteiger partial charge in [0.25, 0.3) is 0 Å². The van der Waals surface area contributed by atoms with Crippen LogP contribution in [0.2, 0.25) is 0 Å². The van der Waals surface area contributed by atoms with Crippen LogP contribution in [0.25, 0.3) is 0 Å². The average molecular weight is 222 g/mol. The van der Waals surface area contributed by atoms with E-state index in [-0.39, 0.29) is 11.5 Å². The fourth-order valence-corrected chi connectivity index (χ4v) is 1.48. The number of hydrogen-bond acceptors (Lipinski definition) is 2. The highest BCUT2D eigenvalue weighted by Gasteiger charge is 2.22. The standard InChI is InChI=1S/C13H15FO2/c1-2-12(15)10-5-6-11(14)13(7-10)16-8-9-3-4-9/h5-7,9H,2-4,8H2,1H3. The van der Waals surface area contributed by atoms with Gasteiger partial charge in [-0.15, -0.1) is 0 Å². The maximum atomic E-state index is 13.4. The normalized spacial score (nSPS) is 14.9. The summed E-state index contributed by atoms with van der Waals surface area (Å²) in [5.74, 6) is 0.390. The summed E-state index contributed by atoms with van der Waals surface area (Å²) in [7, 11) is 0. The molecule has 0 amide bonds. The maximum absolute atomic E-state index is 13.4. The predicted molar refractivity (Wildman–Crippen MR) is 59.2 cm³/mol. The highest BCUT2D eigenvalue weighted by atomic mass is 19.1. The fourth-order valence-electron chi connectivity index (χ4n) is 1.48. The van der Waals surface area contributed by atoms with E-state index < -0.39 is 5.82 Å². The zero-order chi connectivity index (χ0) is 11.5. The minimum Gasteiger partial charge on any atom is -0.490 e. The van der Waals surface area contributed by atoms with Crippen molar-refractivity contribution in [3.05, 3.63) is 29.6 Å². The molecule has 1 fully saturated rings. The number of halogens is 1. The molecule has 0 heterocycles. The average Bonchev–Trinajstić information content (AvgIpc) is 3.11. The molecular formula is C13H15FO2. The summed E-state index contributed by atoms with van der Waals surface area (Å²) in [6, 6.07) is 4.31. The van der Waals surface area contributed by atoms with Gasteiger partial charge in [-0.25, -0.2) is 4.39 Å². The zero-order valence-electron chi connectivity index (χ0n) is 9.33. The molecule has 0 unspecified atom stereocenters. The Hall–Kier alpha value is -1.38. The Bertz CT molecular complexity index is 397. The number of benzene rings is 1. The summed E-state index contributed by atoms with van der Waals surface area (Å²) in [5.41, 5.74) is 0.523. The largest absolute Gasteiger partial charge is 0.490 e. The number of hydrogen-bond donors (Lipinski definition) is 0. The van der Waals surface area contributed by atoms with Gasteiger partial charge in [0.05, 0.1) is 6.61 Å². The third-order valence-corrected chi connectivity index (χ3v) is 2.75. The third-order valence-electron chi connectivity index (χ3n) is 2.75. The summed E-state index contributed by atoms with van der Waals surface area (Å²) >= 11 is 0. The first-order valence-corrected chi connectivity index (χ1v) is 5.66. The number of ether oxygens (including phenoxy) is 1. The number of rotatable bonds is 5. The highest BCUT2D eigenvalue weighted by molar-refractivity contribution is 5.96. The van der Waals surface area contributed by atoms with E-state index in [9.17, 15) is 9.18 Å². The molecule has 2 rings (SSSR count). The van der Waals surface area contributed by atoms with Gasteiger partial charge in [0.2, 0.25) is 0 Å². The van der Waals surface area contributed by atoms with Crippen LogP contribution in [0, 0.1) is 11.7 Å². The Kier molecular flexibility index (Phi) is 3.22. The second-order valence-corrected chi connectivity index (χ2v) is 4.18. The molecule has 2 nitrogen and oxygen atoms in total. The van der Waals surface area contributed by atoms with Crippen molar-refractivity contribution >= 4 is 5.78 Å². The minimum atomic E-state index is -0.395. The number of Topliss-reactive ketones (excluding diaryl/α,β-unsaturated/α-hetero) is 1. The van der Waals surface area contributed by atoms with E-state index in [2.05, 4.69) is 0 Å². The molecule has 0 bridgehead atoms. The lowest BCUT2D eigenvalue weighted by atomic mass is 10.1. The van der Waals surface area contributed by atoms with E-state index in [1.54, 1.807) is 6.92 Å². The van der Waals surface area contributed by atoms with Gasteiger partial charge in [-0.3, -0.25) is 4.79 Å². The molecule has 1 aliphatic rings. The molecule has 0 atom stereocenters. The molecule has 0 aromatic heterocycles. The molecule has 3 heteroatoms. The van der Waals surface area contributed by atoms with Crippen molar-refractivity contribution in [2.45, 2.75) is 26.2 Å². The van der Waals surface area contributed by atoms with Crippen LogP contribution in [0.5, 0.6) is 5.75 Å². The van der Waals surface area contributed by atoms with Crippen LogP contribution >= 0.6 is 0 Å². The van der Waals surface area contributed by atoms with E-state index >= 15 is 0 Å². The van der Waals surface area contributed by atoms with Crippen molar-refractivity contribution in [2.24, 2.45) is 5.92 Å². The summed E-state index contributed by atoms with van der Waals surface area (Å²) in [4.78, 5) is 11.4. The molecule has 1 aromatic carbocycles. The SMILES string of the molecule is CCC(=O)c1ccc(F)c(OCC2CC2)c1. The van der Waals surface area contributed by atoms with E-state index in [1.807, 2.05) is 0 Å². The maximum Gasteiger partial charge on any atom is 0.165 e. The molecule has 1 aromatic rings. The molecule has 0 aliphatic heterocycles. The van der Waals surface area contributed by atoms with Crippen LogP contribution in [0.1, 0.15) is 36.5 Å². The van der Waals surface area contributed by atoms with Gasteiger partial charge in [0.1, 0.15) is 0 Å². The van der Waals surface area contributed by atoms with E-state index in [4.69, 9.17) is 4.74 Å². The lowest BCUT2D eigenvalue weighted by Gasteiger charge is -2.07. The molecule has 0 radical (unpaired) electrons. The van der Waals surface area contributed by atoms with Crippen molar-refractivity contribution in [3.63, 3.8) is 0 Å². The first-order valence-electron chi connectivity index (χ1n) is 5.66. The van der Waals surface area contributed by atoms with Crippen molar-refractivity contribution in [1.29, 1.82) is 0 Å². The van der Waals surface area contributed by atoms with Crippen LogP contribution in [-0.4, -0.2) is 12.4 Å². The molecule has 0 N–H and O–H groups in total. The molecule has 0 saturated heterocycles. The highest BCUT2D eigenvalue weighted by Crippen LogP contribution is 2.30. The Morgan fingerprint density at radius 2 is 2.25 bits per heavy atom. The smallest absolute Gasteiger partial charge is 0.165 e. The molecule has 1 saturated carbocycles. The van der Waals surface area contributed by atoms with Crippen LogP contribution in [-0.2, 0) is 0 Å². The van der Waals surface area contributed by atoms with E-state index in [0.717, 1.165) is 12.8 Å². The Morgan fingerprint density at radius 3 is 2.88 bits per heavy atom. The van der Waals surface area contributed by atoms with Gasteiger partial charge in [-0.2, -0.15) is 0 Å². The third kappa shape index (κ3) is 2.60. The van der Waals surface area contributed by atoms with Crippen LogP contribution in [0.4, 0.5) is 4.39 Å². The number of ketones is 1. The zero-order valence-corrected chi connectivity index (χ0v) is 9.33. The molecule has 86 valence electrons. The van der Waals surface area contributed by atoms with E-state index in [1.165, 1.54) is 18.2 Å². The Balaban J connectivity index is 2.11. The van der Waals surface area contributed by atoms with Crippen molar-refractivity contribution in [1.82, 2.24) is 0 Å². The quantitative estimate of drug-likeness (QED) is 0.715. The summed E-state index contributed by atoms with van der Waals surface area (Å²) < 4.78 is 18.7.